The second kappa shape index (κ2) is 7.24. The Morgan fingerprint density at radius 1 is 1.28 bits per heavy atom. The quantitative estimate of drug-likeness (QED) is 0.644. The number of Topliss-reactive ketones (excluding diaryl/α,β-unsaturated/α-hetero) is 1. The van der Waals surface area contributed by atoms with Crippen molar-refractivity contribution in [2.45, 2.75) is 19.3 Å². The summed E-state index contributed by atoms with van der Waals surface area (Å²) in [6.07, 6.45) is 6.12. The van der Waals surface area contributed by atoms with E-state index in [-0.39, 0.29) is 5.78 Å². The fourth-order valence-electron chi connectivity index (χ4n) is 4.28. The molecule has 0 amide bonds. The average Bonchev–Trinajstić information content (AvgIpc) is 3.36. The Morgan fingerprint density at radius 3 is 2.90 bits per heavy atom. The number of anilines is 1. The third kappa shape index (κ3) is 3.20. The number of ketones is 1. The second-order valence-electron chi connectivity index (χ2n) is 7.52. The number of aliphatic hydroxyl groups is 1. The Morgan fingerprint density at radius 2 is 2.10 bits per heavy atom. The van der Waals surface area contributed by atoms with E-state index in [9.17, 15) is 4.79 Å². The number of H-pyrrole nitrogens is 1. The van der Waals surface area contributed by atoms with Crippen molar-refractivity contribution in [3.63, 3.8) is 0 Å². The van der Waals surface area contributed by atoms with Crippen LogP contribution in [0.25, 0.3) is 11.0 Å². The first kappa shape index (κ1) is 18.3. The number of halogens is 1. The molecule has 29 heavy (non-hydrogen) atoms. The van der Waals surface area contributed by atoms with Crippen LogP contribution < -0.4 is 4.90 Å². The van der Waals surface area contributed by atoms with Gasteiger partial charge in [-0.25, -0.2) is 9.97 Å². The van der Waals surface area contributed by atoms with Crippen LogP contribution in [0.5, 0.6) is 0 Å². The van der Waals surface area contributed by atoms with Crippen molar-refractivity contribution in [1.82, 2.24) is 15.0 Å². The summed E-state index contributed by atoms with van der Waals surface area (Å²) in [5.74, 6) is 1.02. The Hall–Kier alpha value is -2.77. The number of hydrogen-bond acceptors (Lipinski definition) is 6. The number of piperidine rings is 1. The summed E-state index contributed by atoms with van der Waals surface area (Å²) in [6, 6.07) is 5.52. The van der Waals surface area contributed by atoms with E-state index in [0.29, 0.717) is 16.5 Å². The molecule has 2 aliphatic heterocycles. The molecule has 7 nitrogen and oxygen atoms in total. The highest BCUT2D eigenvalue weighted by Crippen LogP contribution is 2.35. The number of aliphatic imine (C=N–C) groups is 1. The lowest BCUT2D eigenvalue weighted by Gasteiger charge is -2.33. The maximum Gasteiger partial charge on any atom is 0.188 e. The van der Waals surface area contributed by atoms with E-state index in [4.69, 9.17) is 21.7 Å². The number of aliphatic hydroxyl groups excluding tert-OH is 1. The third-order valence-corrected chi connectivity index (χ3v) is 6.15. The number of hydrogen-bond donors (Lipinski definition) is 2. The van der Waals surface area contributed by atoms with Crippen molar-refractivity contribution < 1.29 is 9.90 Å². The highest BCUT2D eigenvalue weighted by Gasteiger charge is 2.28. The zero-order valence-electron chi connectivity index (χ0n) is 15.7. The maximum atomic E-state index is 11.7. The van der Waals surface area contributed by atoms with Crippen LogP contribution in [0.3, 0.4) is 0 Å². The van der Waals surface area contributed by atoms with Gasteiger partial charge in [-0.15, -0.1) is 0 Å². The van der Waals surface area contributed by atoms with E-state index in [1.165, 1.54) is 5.71 Å². The summed E-state index contributed by atoms with van der Waals surface area (Å²) in [7, 11) is 0. The molecule has 0 aliphatic carbocycles. The van der Waals surface area contributed by atoms with Crippen LogP contribution in [0, 0.1) is 5.92 Å². The number of carbonyl (C=O) groups is 1. The number of aromatic nitrogens is 3. The smallest absolute Gasteiger partial charge is 0.188 e. The number of benzene rings is 1. The molecule has 0 spiro atoms. The zero-order valence-corrected chi connectivity index (χ0v) is 16.5. The SMILES string of the molecule is O=C(CO)c1ccc2c(c1)N=C(C1CCN(c3ncnc4[nH]cc(Cl)c34)CC1)C2. The third-order valence-electron chi connectivity index (χ3n) is 5.85. The van der Waals surface area contributed by atoms with Crippen LogP contribution >= 0.6 is 11.6 Å². The van der Waals surface area contributed by atoms with Crippen molar-refractivity contribution in [1.29, 1.82) is 0 Å². The van der Waals surface area contributed by atoms with Gasteiger partial charge >= 0.3 is 0 Å². The number of nitrogens with one attached hydrogen (secondary N) is 1. The largest absolute Gasteiger partial charge is 0.388 e. The summed E-state index contributed by atoms with van der Waals surface area (Å²) in [5, 5.41) is 10.6. The maximum absolute atomic E-state index is 11.7. The molecule has 4 heterocycles. The summed E-state index contributed by atoms with van der Waals surface area (Å²) < 4.78 is 0. The first-order chi connectivity index (χ1) is 14.1. The molecule has 2 N–H and O–H groups in total. The van der Waals surface area contributed by atoms with Crippen molar-refractivity contribution in [3.05, 3.63) is 46.9 Å². The first-order valence-corrected chi connectivity index (χ1v) is 10.1. The second-order valence-corrected chi connectivity index (χ2v) is 7.93. The zero-order chi connectivity index (χ0) is 20.0. The molecule has 2 aliphatic rings. The molecule has 3 aromatic rings. The molecule has 0 saturated carbocycles. The lowest BCUT2D eigenvalue weighted by atomic mass is 9.89. The number of rotatable bonds is 4. The van der Waals surface area contributed by atoms with Crippen LogP contribution in [0.15, 0.2) is 35.7 Å². The van der Waals surface area contributed by atoms with E-state index in [2.05, 4.69) is 19.9 Å². The Kier molecular flexibility index (Phi) is 4.56. The topological polar surface area (TPSA) is 94.5 Å². The van der Waals surface area contributed by atoms with Crippen LogP contribution in [-0.4, -0.2) is 51.2 Å². The highest BCUT2D eigenvalue weighted by atomic mass is 35.5. The minimum absolute atomic E-state index is 0.274. The van der Waals surface area contributed by atoms with E-state index in [1.807, 2.05) is 6.07 Å². The molecule has 0 radical (unpaired) electrons. The molecule has 1 aromatic carbocycles. The Balaban J connectivity index is 1.32. The van der Waals surface area contributed by atoms with Crippen LogP contribution in [0.1, 0.15) is 28.8 Å². The van der Waals surface area contributed by atoms with E-state index < -0.39 is 6.61 Å². The fourth-order valence-corrected chi connectivity index (χ4v) is 4.51. The standard InChI is InChI=1S/C21H20ClN5O2/c22-15-9-23-20-19(15)21(25-11-24-20)27-5-3-12(4-6-27)16-7-13-1-2-14(18(29)10-28)8-17(13)26-16/h1-2,8-9,11-12,28H,3-7,10H2,(H,23,24,25). The predicted octanol–water partition coefficient (Wildman–Crippen LogP) is 3.33. The molecular formula is C21H20ClN5O2. The van der Waals surface area contributed by atoms with Gasteiger partial charge in [0.05, 0.1) is 16.1 Å². The average molecular weight is 410 g/mol. The number of fused-ring (bicyclic) bond motifs is 2. The normalized spacial score (nSPS) is 16.9. The molecule has 2 aromatic heterocycles. The van der Waals surface area contributed by atoms with Crippen molar-refractivity contribution >= 4 is 45.6 Å². The molecule has 0 atom stereocenters. The summed E-state index contributed by atoms with van der Waals surface area (Å²) >= 11 is 6.33. The molecule has 148 valence electrons. The van der Waals surface area contributed by atoms with Gasteiger partial charge in [-0.3, -0.25) is 9.79 Å². The van der Waals surface area contributed by atoms with Gasteiger partial charge in [0.25, 0.3) is 0 Å². The predicted molar refractivity (Wildman–Crippen MR) is 112 cm³/mol. The van der Waals surface area contributed by atoms with Gasteiger partial charge in [0.2, 0.25) is 0 Å². The van der Waals surface area contributed by atoms with Gasteiger partial charge in [-0.1, -0.05) is 23.7 Å². The summed E-state index contributed by atoms with van der Waals surface area (Å²) in [4.78, 5) is 30.6. The monoisotopic (exact) mass is 409 g/mol. The highest BCUT2D eigenvalue weighted by molar-refractivity contribution is 6.36. The van der Waals surface area contributed by atoms with Gasteiger partial charge < -0.3 is 15.0 Å². The molecule has 1 saturated heterocycles. The van der Waals surface area contributed by atoms with Gasteiger partial charge in [0, 0.05) is 42.9 Å². The van der Waals surface area contributed by atoms with Crippen molar-refractivity contribution in [3.8, 4) is 0 Å². The van der Waals surface area contributed by atoms with Gasteiger partial charge in [0.15, 0.2) is 5.78 Å². The Labute approximate surface area is 172 Å². The molecule has 0 bridgehead atoms. The van der Waals surface area contributed by atoms with Crippen molar-refractivity contribution in [2.75, 3.05) is 24.6 Å². The summed E-state index contributed by atoms with van der Waals surface area (Å²) in [5.41, 5.74) is 4.46. The van der Waals surface area contributed by atoms with Gasteiger partial charge in [-0.2, -0.15) is 0 Å². The van der Waals surface area contributed by atoms with Crippen LogP contribution in [0.4, 0.5) is 11.5 Å². The Bertz CT molecular complexity index is 1130. The fraction of sp³-hybridized carbons (Fsp3) is 0.333. The minimum Gasteiger partial charge on any atom is -0.388 e. The molecule has 0 unspecified atom stereocenters. The minimum atomic E-state index is -0.477. The number of nitrogens with zero attached hydrogens (tertiary/aromatic N) is 4. The van der Waals surface area contributed by atoms with E-state index in [0.717, 1.165) is 60.5 Å². The van der Waals surface area contributed by atoms with E-state index >= 15 is 0 Å². The summed E-state index contributed by atoms with van der Waals surface area (Å²) in [6.45, 7) is 1.28. The van der Waals surface area contributed by atoms with Crippen LogP contribution in [0.2, 0.25) is 5.02 Å². The lowest BCUT2D eigenvalue weighted by molar-refractivity contribution is 0.0904. The van der Waals surface area contributed by atoms with Gasteiger partial charge in [-0.05, 0) is 24.5 Å². The lowest BCUT2D eigenvalue weighted by Crippen LogP contribution is -2.37. The first-order valence-electron chi connectivity index (χ1n) is 9.71. The van der Waals surface area contributed by atoms with E-state index in [1.54, 1.807) is 24.7 Å². The molecular weight excluding hydrogens is 390 g/mol. The van der Waals surface area contributed by atoms with Crippen molar-refractivity contribution in [2.24, 2.45) is 10.9 Å². The number of aromatic amines is 1. The van der Waals surface area contributed by atoms with Crippen LogP contribution in [-0.2, 0) is 6.42 Å². The molecule has 8 heteroatoms. The molecule has 5 rings (SSSR count). The number of carbonyl (C=O) groups excluding carboxylic acids is 1. The van der Waals surface area contributed by atoms with Gasteiger partial charge in [0.1, 0.15) is 24.4 Å². The molecule has 1 fully saturated rings.